The molecule has 0 saturated carbocycles. The summed E-state index contributed by atoms with van der Waals surface area (Å²) in [5.41, 5.74) is 1.19. The van der Waals surface area contributed by atoms with Crippen molar-refractivity contribution in [1.82, 2.24) is 9.78 Å². The number of methoxy groups -OCH3 is 1. The maximum atomic E-state index is 13.5. The number of rotatable bonds is 4. The van der Waals surface area contributed by atoms with Gasteiger partial charge in [0.1, 0.15) is 6.54 Å². The topological polar surface area (TPSA) is 44.1 Å². The standard InChI is InChI=1S/C13H13FN2O2/c1-9-5-6-15-16(9)8-12(17)10-3-4-13(18-2)11(14)7-10/h3-7H,8H2,1-2H3. The van der Waals surface area contributed by atoms with Gasteiger partial charge < -0.3 is 4.74 Å². The Kier molecular flexibility index (Phi) is 3.41. The lowest BCUT2D eigenvalue weighted by atomic mass is 10.1. The van der Waals surface area contributed by atoms with Gasteiger partial charge in [-0.2, -0.15) is 5.10 Å². The highest BCUT2D eigenvalue weighted by molar-refractivity contribution is 5.96. The molecule has 0 saturated heterocycles. The van der Waals surface area contributed by atoms with Gasteiger partial charge in [-0.1, -0.05) is 0 Å². The third-order valence-electron chi connectivity index (χ3n) is 2.70. The summed E-state index contributed by atoms with van der Waals surface area (Å²) in [5, 5.41) is 4.01. The molecular formula is C13H13FN2O2. The second-order valence-electron chi connectivity index (χ2n) is 3.90. The van der Waals surface area contributed by atoms with Crippen molar-refractivity contribution < 1.29 is 13.9 Å². The fraction of sp³-hybridized carbons (Fsp3) is 0.231. The van der Waals surface area contributed by atoms with Crippen LogP contribution in [0.5, 0.6) is 5.75 Å². The Morgan fingerprint density at radius 3 is 2.78 bits per heavy atom. The van der Waals surface area contributed by atoms with E-state index in [1.165, 1.54) is 19.2 Å². The fourth-order valence-corrected chi connectivity index (χ4v) is 1.63. The highest BCUT2D eigenvalue weighted by Gasteiger charge is 2.11. The molecule has 1 heterocycles. The van der Waals surface area contributed by atoms with Crippen LogP contribution in [0.3, 0.4) is 0 Å². The summed E-state index contributed by atoms with van der Waals surface area (Å²) >= 11 is 0. The van der Waals surface area contributed by atoms with Crippen LogP contribution in [0.2, 0.25) is 0 Å². The minimum absolute atomic E-state index is 0.102. The van der Waals surface area contributed by atoms with Crippen molar-refractivity contribution in [2.45, 2.75) is 13.5 Å². The summed E-state index contributed by atoms with van der Waals surface area (Å²) in [6.45, 7) is 1.96. The first-order chi connectivity index (χ1) is 8.61. The van der Waals surface area contributed by atoms with Crippen LogP contribution in [0.1, 0.15) is 16.1 Å². The number of nitrogens with zero attached hydrogens (tertiary/aromatic N) is 2. The van der Waals surface area contributed by atoms with Gasteiger partial charge in [0.15, 0.2) is 17.3 Å². The van der Waals surface area contributed by atoms with Gasteiger partial charge in [-0.3, -0.25) is 9.48 Å². The summed E-state index contributed by atoms with van der Waals surface area (Å²) in [6.07, 6.45) is 1.62. The maximum absolute atomic E-state index is 13.5. The first-order valence-electron chi connectivity index (χ1n) is 5.47. The Labute approximate surface area is 104 Å². The molecule has 0 atom stereocenters. The molecule has 0 aliphatic heterocycles. The Morgan fingerprint density at radius 1 is 1.44 bits per heavy atom. The van der Waals surface area contributed by atoms with Gasteiger partial charge >= 0.3 is 0 Å². The number of benzene rings is 1. The predicted octanol–water partition coefficient (Wildman–Crippen LogP) is 2.22. The SMILES string of the molecule is COc1ccc(C(=O)Cn2nccc2C)cc1F. The number of Topliss-reactive ketones (excluding diaryl/α,β-unsaturated/α-hetero) is 1. The molecule has 0 unspecified atom stereocenters. The molecule has 0 fully saturated rings. The highest BCUT2D eigenvalue weighted by Crippen LogP contribution is 2.18. The summed E-state index contributed by atoms with van der Waals surface area (Å²) in [5.74, 6) is -0.606. The van der Waals surface area contributed by atoms with E-state index < -0.39 is 5.82 Å². The van der Waals surface area contributed by atoms with Crippen LogP contribution in [-0.2, 0) is 6.54 Å². The van der Waals surface area contributed by atoms with Crippen LogP contribution in [-0.4, -0.2) is 22.7 Å². The van der Waals surface area contributed by atoms with Crippen molar-refractivity contribution in [3.63, 3.8) is 0 Å². The lowest BCUT2D eigenvalue weighted by Crippen LogP contribution is -2.13. The van der Waals surface area contributed by atoms with Crippen LogP contribution >= 0.6 is 0 Å². The number of ether oxygens (including phenoxy) is 1. The molecule has 1 aromatic carbocycles. The molecule has 0 N–H and O–H groups in total. The summed E-state index contributed by atoms with van der Waals surface area (Å²) in [7, 11) is 1.38. The van der Waals surface area contributed by atoms with E-state index in [0.29, 0.717) is 5.56 Å². The largest absolute Gasteiger partial charge is 0.494 e. The van der Waals surface area contributed by atoms with Crippen molar-refractivity contribution in [2.24, 2.45) is 0 Å². The van der Waals surface area contributed by atoms with E-state index in [-0.39, 0.29) is 18.1 Å². The number of carbonyl (C=O) groups excluding carboxylic acids is 1. The molecule has 18 heavy (non-hydrogen) atoms. The Bertz CT molecular complexity index is 578. The Morgan fingerprint density at radius 2 is 2.22 bits per heavy atom. The van der Waals surface area contributed by atoms with Gasteiger partial charge in [-0.15, -0.1) is 0 Å². The van der Waals surface area contributed by atoms with Crippen molar-refractivity contribution in [3.8, 4) is 5.75 Å². The summed E-state index contributed by atoms with van der Waals surface area (Å²) in [4.78, 5) is 11.9. The quantitative estimate of drug-likeness (QED) is 0.779. The molecule has 94 valence electrons. The van der Waals surface area contributed by atoms with Crippen molar-refractivity contribution in [1.29, 1.82) is 0 Å². The van der Waals surface area contributed by atoms with E-state index in [9.17, 15) is 9.18 Å². The fourth-order valence-electron chi connectivity index (χ4n) is 1.63. The average molecular weight is 248 g/mol. The van der Waals surface area contributed by atoms with Gasteiger partial charge in [0.2, 0.25) is 0 Å². The predicted molar refractivity (Wildman–Crippen MR) is 64.2 cm³/mol. The minimum Gasteiger partial charge on any atom is -0.494 e. The normalized spacial score (nSPS) is 10.4. The lowest BCUT2D eigenvalue weighted by Gasteiger charge is -2.06. The van der Waals surface area contributed by atoms with Gasteiger partial charge in [0, 0.05) is 17.5 Å². The lowest BCUT2D eigenvalue weighted by molar-refractivity contribution is 0.0966. The number of halogens is 1. The number of ketones is 1. The van der Waals surface area contributed by atoms with Crippen molar-refractivity contribution >= 4 is 5.78 Å². The van der Waals surface area contributed by atoms with E-state index in [2.05, 4.69) is 5.10 Å². The van der Waals surface area contributed by atoms with Crippen molar-refractivity contribution in [2.75, 3.05) is 7.11 Å². The second kappa shape index (κ2) is 5.00. The number of hydrogen-bond donors (Lipinski definition) is 0. The van der Waals surface area contributed by atoms with E-state index >= 15 is 0 Å². The van der Waals surface area contributed by atoms with E-state index in [0.717, 1.165) is 5.69 Å². The summed E-state index contributed by atoms with van der Waals surface area (Å²) < 4.78 is 19.8. The highest BCUT2D eigenvalue weighted by atomic mass is 19.1. The zero-order valence-corrected chi connectivity index (χ0v) is 10.2. The van der Waals surface area contributed by atoms with Crippen LogP contribution in [0, 0.1) is 12.7 Å². The molecule has 1 aromatic heterocycles. The van der Waals surface area contributed by atoms with Crippen LogP contribution < -0.4 is 4.74 Å². The molecule has 0 amide bonds. The van der Waals surface area contributed by atoms with Crippen LogP contribution in [0.4, 0.5) is 4.39 Å². The van der Waals surface area contributed by atoms with Gasteiger partial charge in [-0.25, -0.2) is 4.39 Å². The van der Waals surface area contributed by atoms with Gasteiger partial charge in [0.25, 0.3) is 0 Å². The third-order valence-corrected chi connectivity index (χ3v) is 2.70. The molecule has 0 radical (unpaired) electrons. The molecule has 0 aliphatic rings. The number of hydrogen-bond acceptors (Lipinski definition) is 3. The zero-order valence-electron chi connectivity index (χ0n) is 10.2. The smallest absolute Gasteiger partial charge is 0.184 e. The first-order valence-corrected chi connectivity index (χ1v) is 5.47. The Hall–Kier alpha value is -2.17. The van der Waals surface area contributed by atoms with Gasteiger partial charge in [0.05, 0.1) is 7.11 Å². The zero-order chi connectivity index (χ0) is 13.1. The average Bonchev–Trinajstić information content (AvgIpc) is 2.75. The van der Waals surface area contributed by atoms with E-state index in [1.54, 1.807) is 16.9 Å². The molecule has 0 spiro atoms. The van der Waals surface area contributed by atoms with E-state index in [1.807, 2.05) is 13.0 Å². The molecular weight excluding hydrogens is 235 g/mol. The first kappa shape index (κ1) is 12.3. The monoisotopic (exact) mass is 248 g/mol. The molecule has 4 nitrogen and oxygen atoms in total. The molecule has 2 aromatic rings. The summed E-state index contributed by atoms with van der Waals surface area (Å²) in [6, 6.07) is 5.98. The third kappa shape index (κ3) is 2.40. The molecule has 0 bridgehead atoms. The number of aromatic nitrogens is 2. The molecule has 5 heteroatoms. The maximum Gasteiger partial charge on any atom is 0.184 e. The van der Waals surface area contributed by atoms with E-state index in [4.69, 9.17) is 4.74 Å². The molecule has 0 aliphatic carbocycles. The number of carbonyl (C=O) groups is 1. The van der Waals surface area contributed by atoms with Crippen LogP contribution in [0.15, 0.2) is 30.5 Å². The second-order valence-corrected chi connectivity index (χ2v) is 3.90. The van der Waals surface area contributed by atoms with Gasteiger partial charge in [-0.05, 0) is 31.2 Å². The van der Waals surface area contributed by atoms with Crippen molar-refractivity contribution in [3.05, 3.63) is 47.5 Å². The minimum atomic E-state index is -0.541. The molecule has 2 rings (SSSR count). The van der Waals surface area contributed by atoms with Crippen LogP contribution in [0.25, 0.3) is 0 Å². The Balaban J connectivity index is 2.19. The number of aryl methyl sites for hydroxylation is 1.